The third-order valence-corrected chi connectivity index (χ3v) is 5.42. The van der Waals surface area contributed by atoms with E-state index in [0.29, 0.717) is 11.4 Å². The molecule has 4 aromatic rings. The first kappa shape index (κ1) is 16.5. The largest absolute Gasteiger partial charge is 0.346 e. The van der Waals surface area contributed by atoms with Crippen molar-refractivity contribution >= 4 is 28.3 Å². The average Bonchev–Trinajstić information content (AvgIpc) is 3.35. The molecule has 0 unspecified atom stereocenters. The van der Waals surface area contributed by atoms with Gasteiger partial charge < -0.3 is 16.0 Å². The Morgan fingerprint density at radius 2 is 2.00 bits per heavy atom. The molecule has 0 saturated heterocycles. The van der Waals surface area contributed by atoms with E-state index in [0.717, 1.165) is 27.0 Å². The normalized spacial score (nSPS) is 12.2. The number of fused-ring (bicyclic) bond motifs is 1. The Balaban J connectivity index is 1.58. The van der Waals surface area contributed by atoms with Gasteiger partial charge in [0, 0.05) is 34.8 Å². The number of carbonyl (C=O) groups is 1. The highest BCUT2D eigenvalue weighted by atomic mass is 32.1. The molecule has 130 valence electrons. The molecule has 0 saturated carbocycles. The monoisotopic (exact) mass is 362 g/mol. The average molecular weight is 362 g/mol. The van der Waals surface area contributed by atoms with Gasteiger partial charge in [0.05, 0.1) is 10.9 Å². The van der Waals surface area contributed by atoms with Gasteiger partial charge >= 0.3 is 0 Å². The van der Waals surface area contributed by atoms with E-state index in [1.54, 1.807) is 6.20 Å². The number of nitrogens with two attached hydrogens (primary N) is 1. The highest BCUT2D eigenvalue weighted by Gasteiger charge is 2.17. The second-order valence-electron chi connectivity index (χ2n) is 5.93. The Kier molecular flexibility index (Phi) is 4.51. The molecule has 0 fully saturated rings. The molecule has 0 aliphatic rings. The Morgan fingerprint density at radius 3 is 2.81 bits per heavy atom. The molecule has 0 aliphatic carbocycles. The van der Waals surface area contributed by atoms with Crippen molar-refractivity contribution in [3.8, 4) is 10.4 Å². The quantitative estimate of drug-likeness (QED) is 0.506. The number of hydrogen-bond acceptors (Lipinski definition) is 4. The van der Waals surface area contributed by atoms with E-state index in [1.165, 1.54) is 11.3 Å². The van der Waals surface area contributed by atoms with Crippen LogP contribution in [0.2, 0.25) is 0 Å². The zero-order valence-electron chi connectivity index (χ0n) is 14.0. The number of benzene rings is 1. The van der Waals surface area contributed by atoms with Crippen LogP contribution in [0.3, 0.4) is 0 Å². The minimum Gasteiger partial charge on any atom is -0.346 e. The third kappa shape index (κ3) is 3.12. The summed E-state index contributed by atoms with van der Waals surface area (Å²) in [7, 11) is 0. The molecular formula is C20H18N4OS. The first-order valence-corrected chi connectivity index (χ1v) is 9.16. The standard InChI is InChI=1S/C20H18N4OS/c21-12-16(13-4-2-1-3-5-13)24-20(25)18-7-6-17(26-18)14-8-10-22-19-15(14)9-11-23-19/h1-11,16H,12,21H2,(H,22,23)(H,24,25)/t16-/m1/s1. The molecule has 3 heterocycles. The van der Waals surface area contributed by atoms with Crippen LogP contribution < -0.4 is 11.1 Å². The number of nitrogens with one attached hydrogen (secondary N) is 2. The summed E-state index contributed by atoms with van der Waals surface area (Å²) < 4.78 is 0. The van der Waals surface area contributed by atoms with E-state index >= 15 is 0 Å². The lowest BCUT2D eigenvalue weighted by Gasteiger charge is -2.16. The lowest BCUT2D eigenvalue weighted by atomic mass is 10.1. The maximum atomic E-state index is 12.7. The number of rotatable bonds is 5. The van der Waals surface area contributed by atoms with Gasteiger partial charge in [0.2, 0.25) is 0 Å². The lowest BCUT2D eigenvalue weighted by Crippen LogP contribution is -2.32. The number of thiophene rings is 1. The zero-order chi connectivity index (χ0) is 17.9. The summed E-state index contributed by atoms with van der Waals surface area (Å²) in [6.07, 6.45) is 3.64. The van der Waals surface area contributed by atoms with Crippen molar-refractivity contribution in [2.24, 2.45) is 5.73 Å². The van der Waals surface area contributed by atoms with Gasteiger partial charge in [-0.3, -0.25) is 4.79 Å². The number of aromatic nitrogens is 2. The zero-order valence-corrected chi connectivity index (χ0v) is 14.8. The Morgan fingerprint density at radius 1 is 1.15 bits per heavy atom. The van der Waals surface area contributed by atoms with Gasteiger partial charge in [-0.05, 0) is 29.8 Å². The predicted molar refractivity (Wildman–Crippen MR) is 105 cm³/mol. The van der Waals surface area contributed by atoms with Crippen LogP contribution in [0, 0.1) is 0 Å². The van der Waals surface area contributed by atoms with E-state index in [1.807, 2.05) is 60.8 Å². The number of nitrogens with zero attached hydrogens (tertiary/aromatic N) is 1. The van der Waals surface area contributed by atoms with Gasteiger partial charge in [-0.2, -0.15) is 0 Å². The van der Waals surface area contributed by atoms with Gasteiger partial charge in [0.25, 0.3) is 5.91 Å². The molecule has 0 spiro atoms. The smallest absolute Gasteiger partial charge is 0.261 e. The molecule has 5 nitrogen and oxygen atoms in total. The molecule has 0 aliphatic heterocycles. The Bertz CT molecular complexity index is 1040. The van der Waals surface area contributed by atoms with E-state index in [-0.39, 0.29) is 11.9 Å². The second-order valence-corrected chi connectivity index (χ2v) is 7.02. The number of hydrogen-bond donors (Lipinski definition) is 3. The molecule has 1 amide bonds. The Hall–Kier alpha value is -2.96. The number of aromatic amines is 1. The molecule has 0 bridgehead atoms. The first-order chi connectivity index (χ1) is 12.8. The predicted octanol–water partition coefficient (Wildman–Crippen LogP) is 3.72. The van der Waals surface area contributed by atoms with Crippen molar-refractivity contribution in [1.82, 2.24) is 15.3 Å². The fourth-order valence-electron chi connectivity index (χ4n) is 2.97. The fraction of sp³-hybridized carbons (Fsp3) is 0.100. The van der Waals surface area contributed by atoms with Crippen molar-refractivity contribution in [1.29, 1.82) is 0 Å². The van der Waals surface area contributed by atoms with E-state index < -0.39 is 0 Å². The molecule has 0 radical (unpaired) electrons. The van der Waals surface area contributed by atoms with Crippen LogP contribution in [0.1, 0.15) is 21.3 Å². The third-order valence-electron chi connectivity index (χ3n) is 4.30. The summed E-state index contributed by atoms with van der Waals surface area (Å²) in [5.74, 6) is -0.111. The SMILES string of the molecule is NC[C@@H](NC(=O)c1ccc(-c2ccnc3[nH]ccc23)s1)c1ccccc1. The molecule has 3 aromatic heterocycles. The number of H-pyrrole nitrogens is 1. The summed E-state index contributed by atoms with van der Waals surface area (Å²) in [4.78, 5) is 21.8. The van der Waals surface area contributed by atoms with E-state index in [9.17, 15) is 4.79 Å². The van der Waals surface area contributed by atoms with Crippen LogP contribution in [0.25, 0.3) is 21.5 Å². The number of pyridine rings is 1. The highest BCUT2D eigenvalue weighted by Crippen LogP contribution is 2.32. The van der Waals surface area contributed by atoms with Crippen molar-refractivity contribution in [2.45, 2.75) is 6.04 Å². The lowest BCUT2D eigenvalue weighted by molar-refractivity contribution is 0.0942. The second kappa shape index (κ2) is 7.11. The van der Waals surface area contributed by atoms with Crippen LogP contribution in [-0.4, -0.2) is 22.4 Å². The minimum absolute atomic E-state index is 0.111. The summed E-state index contributed by atoms with van der Waals surface area (Å²) >= 11 is 1.47. The molecule has 6 heteroatoms. The van der Waals surface area contributed by atoms with Gasteiger partial charge in [-0.15, -0.1) is 11.3 Å². The topological polar surface area (TPSA) is 83.8 Å². The minimum atomic E-state index is -0.202. The first-order valence-electron chi connectivity index (χ1n) is 8.34. The van der Waals surface area contributed by atoms with E-state index in [4.69, 9.17) is 5.73 Å². The number of carbonyl (C=O) groups excluding carboxylic acids is 1. The van der Waals surface area contributed by atoms with Gasteiger partial charge in [0.1, 0.15) is 5.65 Å². The molecule has 26 heavy (non-hydrogen) atoms. The maximum Gasteiger partial charge on any atom is 0.261 e. The van der Waals surface area contributed by atoms with Crippen LogP contribution in [0.15, 0.2) is 67.0 Å². The summed E-state index contributed by atoms with van der Waals surface area (Å²) in [5, 5.41) is 4.07. The van der Waals surface area contributed by atoms with Crippen LogP contribution in [0.5, 0.6) is 0 Å². The van der Waals surface area contributed by atoms with E-state index in [2.05, 4.69) is 15.3 Å². The molecule has 1 atom stereocenters. The van der Waals surface area contributed by atoms with Gasteiger partial charge in [0.15, 0.2) is 0 Å². The van der Waals surface area contributed by atoms with Crippen LogP contribution >= 0.6 is 11.3 Å². The van der Waals surface area contributed by atoms with Gasteiger partial charge in [-0.1, -0.05) is 30.3 Å². The highest BCUT2D eigenvalue weighted by molar-refractivity contribution is 7.17. The molecule has 4 N–H and O–H groups in total. The van der Waals surface area contributed by atoms with Crippen molar-refractivity contribution in [3.05, 3.63) is 77.4 Å². The summed E-state index contributed by atoms with van der Waals surface area (Å²) in [6, 6.07) is 17.4. The summed E-state index contributed by atoms with van der Waals surface area (Å²) in [6.45, 7) is 0.350. The van der Waals surface area contributed by atoms with Crippen molar-refractivity contribution in [2.75, 3.05) is 6.54 Å². The molecule has 4 rings (SSSR count). The van der Waals surface area contributed by atoms with Crippen molar-refractivity contribution < 1.29 is 4.79 Å². The molecule has 1 aromatic carbocycles. The maximum absolute atomic E-state index is 12.7. The summed E-state index contributed by atoms with van der Waals surface area (Å²) in [5.41, 5.74) is 8.77. The molecular weight excluding hydrogens is 344 g/mol. The van der Waals surface area contributed by atoms with Crippen LogP contribution in [-0.2, 0) is 0 Å². The number of amides is 1. The van der Waals surface area contributed by atoms with Gasteiger partial charge in [-0.25, -0.2) is 4.98 Å². The Labute approximate surface area is 154 Å². The fourth-order valence-corrected chi connectivity index (χ4v) is 3.92. The van der Waals surface area contributed by atoms with Crippen molar-refractivity contribution in [3.63, 3.8) is 0 Å². The van der Waals surface area contributed by atoms with Crippen LogP contribution in [0.4, 0.5) is 0 Å².